The fraction of sp³-hybridized carbons (Fsp3) is 0.375. The van der Waals surface area contributed by atoms with Crippen LogP contribution >= 0.6 is 23.1 Å². The Labute approximate surface area is 172 Å². The Hall–Kier alpha value is -1.58. The van der Waals surface area contributed by atoms with Crippen LogP contribution in [0.3, 0.4) is 0 Å². The van der Waals surface area contributed by atoms with E-state index in [0.29, 0.717) is 0 Å². The van der Waals surface area contributed by atoms with E-state index in [9.17, 15) is 0 Å². The molecule has 3 heteroatoms. The van der Waals surface area contributed by atoms with E-state index in [1.54, 1.807) is 0 Å². The molecule has 0 unspecified atom stereocenters. The van der Waals surface area contributed by atoms with E-state index in [1.165, 1.54) is 30.6 Å². The Kier molecular flexibility index (Phi) is 5.56. The number of benzene rings is 1. The average Bonchev–Trinajstić information content (AvgIpc) is 2.90. The Balaban J connectivity index is 1.91. The molecule has 142 valence electrons. The van der Waals surface area contributed by atoms with Gasteiger partial charge in [0.25, 0.3) is 5.01 Å². The zero-order valence-electron chi connectivity index (χ0n) is 17.5. The van der Waals surface area contributed by atoms with Gasteiger partial charge in [-0.3, -0.25) is 0 Å². The molecule has 0 N–H and O–H groups in total. The van der Waals surface area contributed by atoms with Crippen molar-refractivity contribution >= 4 is 39.4 Å². The summed E-state index contributed by atoms with van der Waals surface area (Å²) in [6.45, 7) is 13.7. The third kappa shape index (κ3) is 4.64. The third-order valence-corrected chi connectivity index (χ3v) is 7.31. The molecule has 2 aromatic rings. The Bertz CT molecular complexity index is 970. The fourth-order valence-electron chi connectivity index (χ4n) is 2.90. The van der Waals surface area contributed by atoms with Crippen LogP contribution in [0.2, 0.25) is 0 Å². The molecule has 2 heterocycles. The normalized spacial score (nSPS) is 17.7. The van der Waals surface area contributed by atoms with Gasteiger partial charge >= 0.3 is 0 Å². The molecule has 0 radical (unpaired) electrons. The van der Waals surface area contributed by atoms with Crippen molar-refractivity contribution in [3.8, 4) is 0 Å². The van der Waals surface area contributed by atoms with E-state index in [4.69, 9.17) is 0 Å². The zero-order valence-corrected chi connectivity index (χ0v) is 19.1. The van der Waals surface area contributed by atoms with Gasteiger partial charge in [-0.15, -0.1) is 0 Å². The van der Waals surface area contributed by atoms with Gasteiger partial charge in [0.05, 0.1) is 0 Å². The second-order valence-electron chi connectivity index (χ2n) is 9.11. The quantitative estimate of drug-likeness (QED) is 0.483. The summed E-state index contributed by atoms with van der Waals surface area (Å²) in [5.41, 5.74) is 3.00. The highest BCUT2D eigenvalue weighted by Crippen LogP contribution is 2.46. The van der Waals surface area contributed by atoms with Crippen molar-refractivity contribution in [1.82, 2.24) is 0 Å². The van der Waals surface area contributed by atoms with Crippen molar-refractivity contribution in [3.63, 3.8) is 0 Å². The number of thiazole rings is 1. The van der Waals surface area contributed by atoms with E-state index in [-0.39, 0.29) is 10.8 Å². The first-order valence-corrected chi connectivity index (χ1v) is 11.1. The van der Waals surface area contributed by atoms with Crippen molar-refractivity contribution in [2.45, 2.75) is 41.5 Å². The summed E-state index contributed by atoms with van der Waals surface area (Å²) in [6.07, 6.45) is 11.4. The maximum absolute atomic E-state index is 2.39. The van der Waals surface area contributed by atoms with Crippen LogP contribution in [-0.2, 0) is 7.05 Å². The molecule has 3 rings (SSSR count). The molecule has 1 aliphatic rings. The van der Waals surface area contributed by atoms with E-state index in [0.717, 1.165) is 0 Å². The topological polar surface area (TPSA) is 3.88 Å². The zero-order chi connectivity index (χ0) is 19.8. The highest BCUT2D eigenvalue weighted by atomic mass is 32.2. The predicted octanol–water partition coefficient (Wildman–Crippen LogP) is 7.27. The molecule has 0 bridgehead atoms. The van der Waals surface area contributed by atoms with Crippen LogP contribution in [0.15, 0.2) is 64.0 Å². The van der Waals surface area contributed by atoms with Crippen LogP contribution in [0.5, 0.6) is 0 Å². The monoisotopic (exact) mass is 396 g/mol. The molecule has 1 aliphatic heterocycles. The summed E-state index contributed by atoms with van der Waals surface area (Å²) in [7, 11) is 2.14. The minimum atomic E-state index is 0.151. The van der Waals surface area contributed by atoms with Crippen molar-refractivity contribution in [2.24, 2.45) is 17.9 Å². The molecule has 0 saturated carbocycles. The van der Waals surface area contributed by atoms with Crippen molar-refractivity contribution < 1.29 is 4.57 Å². The first-order chi connectivity index (χ1) is 12.6. The second kappa shape index (κ2) is 7.44. The number of allylic oxidation sites excluding steroid dienone is 6. The molecule has 1 aromatic heterocycles. The number of rotatable bonds is 2. The minimum absolute atomic E-state index is 0.151. The van der Waals surface area contributed by atoms with Crippen LogP contribution in [0.1, 0.15) is 46.6 Å². The lowest BCUT2D eigenvalue weighted by Gasteiger charge is -2.30. The highest BCUT2D eigenvalue weighted by Gasteiger charge is 2.26. The molecule has 0 aliphatic carbocycles. The van der Waals surface area contributed by atoms with Crippen LogP contribution in [0.4, 0.5) is 0 Å². The lowest BCUT2D eigenvalue weighted by atomic mass is 9.83. The molecule has 0 atom stereocenters. The number of aromatic nitrogens is 1. The molecule has 0 spiro atoms. The number of thioether (sulfide) groups is 1. The van der Waals surface area contributed by atoms with E-state index < -0.39 is 0 Å². The van der Waals surface area contributed by atoms with Gasteiger partial charge in [0, 0.05) is 17.0 Å². The van der Waals surface area contributed by atoms with Crippen LogP contribution in [0.25, 0.3) is 16.3 Å². The largest absolute Gasteiger partial charge is 0.262 e. The van der Waals surface area contributed by atoms with Crippen LogP contribution in [0, 0.1) is 10.8 Å². The Morgan fingerprint density at radius 3 is 2.26 bits per heavy atom. The molecular weight excluding hydrogens is 366 g/mol. The van der Waals surface area contributed by atoms with E-state index in [2.05, 4.69) is 108 Å². The van der Waals surface area contributed by atoms with E-state index >= 15 is 0 Å². The van der Waals surface area contributed by atoms with Gasteiger partial charge in [0.1, 0.15) is 11.7 Å². The minimum Gasteiger partial charge on any atom is -0.185 e. The first kappa shape index (κ1) is 20.2. The lowest BCUT2D eigenvalue weighted by Crippen LogP contribution is -2.28. The molecule has 0 fully saturated rings. The van der Waals surface area contributed by atoms with Crippen molar-refractivity contribution in [3.05, 3.63) is 69.0 Å². The van der Waals surface area contributed by atoms with Gasteiger partial charge in [-0.25, -0.2) is 0 Å². The molecule has 1 nitrogen and oxygen atoms in total. The van der Waals surface area contributed by atoms with Gasteiger partial charge < -0.3 is 0 Å². The number of hydrogen-bond donors (Lipinski definition) is 0. The maximum atomic E-state index is 2.39. The SMILES string of the molecule is C[n+]1c(/C=C/C=C2\C=C(C(C)(C)C)C=C(C(C)(C)C)S2)sc2ccccc21. The molecular formula is C24H30NS2+. The van der Waals surface area contributed by atoms with E-state index in [1.807, 2.05) is 23.1 Å². The van der Waals surface area contributed by atoms with Gasteiger partial charge in [-0.2, -0.15) is 4.57 Å². The molecule has 0 saturated heterocycles. The standard InChI is InChI=1S/C24H30NS2/c1-23(2,3)17-15-18(26-21(16-17)24(4,5)6)11-10-14-22-25(7)19-12-8-9-13-20(19)27-22/h8-16H,1-7H3/q+1/b14-10+,18-11+. The summed E-state index contributed by atoms with van der Waals surface area (Å²) < 4.78 is 3.59. The number of hydrogen-bond acceptors (Lipinski definition) is 2. The number of fused-ring (bicyclic) bond motifs is 1. The lowest BCUT2D eigenvalue weighted by molar-refractivity contribution is -0.642. The number of nitrogens with zero attached hydrogens (tertiary/aromatic N) is 1. The molecule has 0 amide bonds. The summed E-state index contributed by atoms with van der Waals surface area (Å²) >= 11 is 3.73. The summed E-state index contributed by atoms with van der Waals surface area (Å²) in [5, 5.41) is 1.26. The van der Waals surface area contributed by atoms with Gasteiger partial charge in [-0.05, 0) is 45.6 Å². The molecule has 1 aromatic carbocycles. The van der Waals surface area contributed by atoms with Crippen molar-refractivity contribution in [1.29, 1.82) is 0 Å². The highest BCUT2D eigenvalue weighted by molar-refractivity contribution is 8.07. The summed E-state index contributed by atoms with van der Waals surface area (Å²) in [4.78, 5) is 2.74. The van der Waals surface area contributed by atoms with Gasteiger partial charge in [0.2, 0.25) is 5.52 Å². The molecule has 27 heavy (non-hydrogen) atoms. The van der Waals surface area contributed by atoms with Gasteiger partial charge in [0.15, 0.2) is 0 Å². The maximum Gasteiger partial charge on any atom is 0.262 e. The Morgan fingerprint density at radius 1 is 0.926 bits per heavy atom. The first-order valence-electron chi connectivity index (χ1n) is 9.44. The fourth-order valence-corrected chi connectivity index (χ4v) is 5.04. The smallest absolute Gasteiger partial charge is 0.185 e. The number of aryl methyl sites for hydroxylation is 1. The summed E-state index contributed by atoms with van der Waals surface area (Å²) in [5.74, 6) is 0. The predicted molar refractivity (Wildman–Crippen MR) is 123 cm³/mol. The van der Waals surface area contributed by atoms with Crippen LogP contribution < -0.4 is 4.57 Å². The van der Waals surface area contributed by atoms with Gasteiger partial charge in [-0.1, -0.05) is 82.8 Å². The third-order valence-electron chi connectivity index (χ3n) is 4.69. The van der Waals surface area contributed by atoms with Crippen molar-refractivity contribution in [2.75, 3.05) is 0 Å². The summed E-state index contributed by atoms with van der Waals surface area (Å²) in [6, 6.07) is 8.57. The number of para-hydroxylation sites is 1. The van der Waals surface area contributed by atoms with Crippen LogP contribution in [-0.4, -0.2) is 0 Å². The second-order valence-corrected chi connectivity index (χ2v) is 11.3. The average molecular weight is 397 g/mol. The Morgan fingerprint density at radius 2 is 1.63 bits per heavy atom.